The minimum atomic E-state index is 0.144. The first-order valence-electron chi connectivity index (χ1n) is 5.83. The highest BCUT2D eigenvalue weighted by Gasteiger charge is 2.31. The molecule has 3 heteroatoms. The zero-order valence-electron chi connectivity index (χ0n) is 8.96. The van der Waals surface area contributed by atoms with E-state index in [-0.39, 0.29) is 6.04 Å². The van der Waals surface area contributed by atoms with Crippen LogP contribution < -0.4 is 5.32 Å². The second-order valence-corrected chi connectivity index (χ2v) is 4.50. The molecule has 1 N–H and O–H groups in total. The number of piperidine rings is 1. The Labute approximate surface area is 85.8 Å². The predicted octanol–water partition coefficient (Wildman–Crippen LogP) is 0.997. The molecule has 0 aromatic carbocycles. The summed E-state index contributed by atoms with van der Waals surface area (Å²) < 4.78 is 0. The van der Waals surface area contributed by atoms with E-state index in [0.29, 0.717) is 5.91 Å². The van der Waals surface area contributed by atoms with Crippen molar-refractivity contribution in [3.8, 4) is 0 Å². The van der Waals surface area contributed by atoms with Crippen LogP contribution >= 0.6 is 0 Å². The minimum Gasteiger partial charge on any atom is -0.341 e. The first-order valence-corrected chi connectivity index (χ1v) is 5.83. The summed E-state index contributed by atoms with van der Waals surface area (Å²) in [4.78, 5) is 14.0. The molecular weight excluding hydrogens is 176 g/mol. The van der Waals surface area contributed by atoms with E-state index in [4.69, 9.17) is 0 Å². The van der Waals surface area contributed by atoms with Gasteiger partial charge in [-0.05, 0) is 31.7 Å². The zero-order chi connectivity index (χ0) is 9.97. The molecule has 0 aliphatic carbocycles. The van der Waals surface area contributed by atoms with Gasteiger partial charge in [0.15, 0.2) is 0 Å². The Hall–Kier alpha value is -0.570. The number of carbonyl (C=O) groups is 1. The second kappa shape index (κ2) is 4.30. The van der Waals surface area contributed by atoms with Gasteiger partial charge in [-0.2, -0.15) is 0 Å². The maximum Gasteiger partial charge on any atom is 0.239 e. The van der Waals surface area contributed by atoms with Gasteiger partial charge in [-0.3, -0.25) is 4.79 Å². The van der Waals surface area contributed by atoms with Gasteiger partial charge in [-0.1, -0.05) is 13.3 Å². The van der Waals surface area contributed by atoms with Crippen molar-refractivity contribution >= 4 is 5.91 Å². The number of amides is 1. The van der Waals surface area contributed by atoms with Crippen molar-refractivity contribution in [1.29, 1.82) is 0 Å². The zero-order valence-corrected chi connectivity index (χ0v) is 8.96. The normalized spacial score (nSPS) is 32.5. The number of nitrogens with one attached hydrogen (secondary N) is 1. The van der Waals surface area contributed by atoms with E-state index >= 15 is 0 Å². The van der Waals surface area contributed by atoms with Crippen LogP contribution in [0.15, 0.2) is 0 Å². The lowest BCUT2D eigenvalue weighted by Gasteiger charge is -2.37. The van der Waals surface area contributed by atoms with Gasteiger partial charge in [-0.15, -0.1) is 0 Å². The molecule has 0 bridgehead atoms. The third-order valence-corrected chi connectivity index (χ3v) is 3.53. The standard InChI is InChI=1S/C11H20N2O/c1-2-9-4-3-7-13(8-9)11(14)10-5-6-12-10/h9-10,12H,2-8H2,1H3. The van der Waals surface area contributed by atoms with Crippen molar-refractivity contribution in [3.05, 3.63) is 0 Å². The highest BCUT2D eigenvalue weighted by atomic mass is 16.2. The summed E-state index contributed by atoms with van der Waals surface area (Å²) >= 11 is 0. The van der Waals surface area contributed by atoms with Crippen LogP contribution in [0.3, 0.4) is 0 Å². The molecule has 0 saturated carbocycles. The Morgan fingerprint density at radius 1 is 1.50 bits per heavy atom. The van der Waals surface area contributed by atoms with Crippen molar-refractivity contribution in [3.63, 3.8) is 0 Å². The molecule has 2 rings (SSSR count). The number of carbonyl (C=O) groups excluding carboxylic acids is 1. The van der Waals surface area contributed by atoms with Gasteiger partial charge in [0.05, 0.1) is 6.04 Å². The molecule has 1 amide bonds. The molecule has 2 heterocycles. The predicted molar refractivity (Wildman–Crippen MR) is 56.0 cm³/mol. The molecule has 2 saturated heterocycles. The Bertz CT molecular complexity index is 213. The molecule has 0 aromatic heterocycles. The first kappa shape index (κ1) is 9.97. The van der Waals surface area contributed by atoms with Gasteiger partial charge < -0.3 is 10.2 Å². The quantitative estimate of drug-likeness (QED) is 0.714. The molecule has 2 unspecified atom stereocenters. The maximum atomic E-state index is 11.9. The van der Waals surface area contributed by atoms with E-state index in [9.17, 15) is 4.79 Å². The van der Waals surface area contributed by atoms with E-state index in [0.717, 1.165) is 32.0 Å². The van der Waals surface area contributed by atoms with Crippen LogP contribution in [0.4, 0.5) is 0 Å². The Morgan fingerprint density at radius 3 is 2.86 bits per heavy atom. The minimum absolute atomic E-state index is 0.144. The first-order chi connectivity index (χ1) is 6.81. The number of nitrogens with zero attached hydrogens (tertiary/aromatic N) is 1. The van der Waals surface area contributed by atoms with Crippen molar-refractivity contribution in [2.24, 2.45) is 5.92 Å². The molecule has 3 nitrogen and oxygen atoms in total. The fourth-order valence-electron chi connectivity index (χ4n) is 2.32. The number of hydrogen-bond acceptors (Lipinski definition) is 2. The molecule has 2 atom stereocenters. The number of rotatable bonds is 2. The summed E-state index contributed by atoms with van der Waals surface area (Å²) in [6.45, 7) is 5.21. The highest BCUT2D eigenvalue weighted by molar-refractivity contribution is 5.82. The largest absolute Gasteiger partial charge is 0.341 e. The van der Waals surface area contributed by atoms with Gasteiger partial charge in [0.1, 0.15) is 0 Å². The number of likely N-dealkylation sites (tertiary alicyclic amines) is 1. The molecule has 14 heavy (non-hydrogen) atoms. The van der Waals surface area contributed by atoms with Gasteiger partial charge >= 0.3 is 0 Å². The molecule has 0 aromatic rings. The molecule has 0 spiro atoms. The summed E-state index contributed by atoms with van der Waals surface area (Å²) in [6.07, 6.45) is 4.74. The Kier molecular flexibility index (Phi) is 3.06. The van der Waals surface area contributed by atoms with E-state index in [2.05, 4.69) is 17.1 Å². The molecule has 2 aliphatic rings. The SMILES string of the molecule is CCC1CCCN(C(=O)C2CCN2)C1. The lowest BCUT2D eigenvalue weighted by atomic mass is 9.94. The van der Waals surface area contributed by atoms with Crippen LogP contribution in [0.1, 0.15) is 32.6 Å². The highest BCUT2D eigenvalue weighted by Crippen LogP contribution is 2.20. The average molecular weight is 196 g/mol. The lowest BCUT2D eigenvalue weighted by molar-refractivity contribution is -0.137. The Balaban J connectivity index is 1.86. The van der Waals surface area contributed by atoms with Gasteiger partial charge in [0.2, 0.25) is 5.91 Å². The van der Waals surface area contributed by atoms with Gasteiger partial charge in [0.25, 0.3) is 0 Å². The summed E-state index contributed by atoms with van der Waals surface area (Å²) in [7, 11) is 0. The van der Waals surface area contributed by atoms with Crippen LogP contribution in [-0.2, 0) is 4.79 Å². The molecule has 80 valence electrons. The van der Waals surface area contributed by atoms with E-state index in [1.165, 1.54) is 19.3 Å². The van der Waals surface area contributed by atoms with E-state index < -0.39 is 0 Å². The maximum absolute atomic E-state index is 11.9. The van der Waals surface area contributed by atoms with Crippen LogP contribution in [0.2, 0.25) is 0 Å². The van der Waals surface area contributed by atoms with E-state index in [1.807, 2.05) is 0 Å². The van der Waals surface area contributed by atoms with E-state index in [1.54, 1.807) is 0 Å². The van der Waals surface area contributed by atoms with Crippen molar-refractivity contribution < 1.29 is 4.79 Å². The van der Waals surface area contributed by atoms with Crippen LogP contribution in [0.25, 0.3) is 0 Å². The molecular formula is C11H20N2O. The molecule has 2 fully saturated rings. The third kappa shape index (κ3) is 1.92. The van der Waals surface area contributed by atoms with Crippen LogP contribution in [0, 0.1) is 5.92 Å². The number of hydrogen-bond donors (Lipinski definition) is 1. The third-order valence-electron chi connectivity index (χ3n) is 3.53. The van der Waals surface area contributed by atoms with Gasteiger partial charge in [0, 0.05) is 13.1 Å². The monoisotopic (exact) mass is 196 g/mol. The second-order valence-electron chi connectivity index (χ2n) is 4.50. The Morgan fingerprint density at radius 2 is 2.29 bits per heavy atom. The van der Waals surface area contributed by atoms with Gasteiger partial charge in [-0.25, -0.2) is 0 Å². The summed E-state index contributed by atoms with van der Waals surface area (Å²) in [5.41, 5.74) is 0. The van der Waals surface area contributed by atoms with Crippen LogP contribution in [0.5, 0.6) is 0 Å². The lowest BCUT2D eigenvalue weighted by Crippen LogP contribution is -2.56. The topological polar surface area (TPSA) is 32.3 Å². The summed E-state index contributed by atoms with van der Waals surface area (Å²) in [5, 5.41) is 3.18. The van der Waals surface area contributed by atoms with Crippen molar-refractivity contribution in [2.75, 3.05) is 19.6 Å². The summed E-state index contributed by atoms with van der Waals surface area (Å²) in [5.74, 6) is 1.09. The smallest absolute Gasteiger partial charge is 0.239 e. The molecule has 2 aliphatic heterocycles. The van der Waals surface area contributed by atoms with Crippen molar-refractivity contribution in [1.82, 2.24) is 10.2 Å². The van der Waals surface area contributed by atoms with Crippen molar-refractivity contribution in [2.45, 2.75) is 38.6 Å². The molecule has 0 radical (unpaired) electrons. The van der Waals surface area contributed by atoms with Crippen LogP contribution in [-0.4, -0.2) is 36.5 Å². The fraction of sp³-hybridized carbons (Fsp3) is 0.909. The summed E-state index contributed by atoms with van der Waals surface area (Å²) in [6, 6.07) is 0.144. The average Bonchev–Trinajstić information content (AvgIpc) is 2.15. The fourth-order valence-corrected chi connectivity index (χ4v) is 2.32.